The van der Waals surface area contributed by atoms with Crippen LogP contribution in [-0.2, 0) is 4.79 Å². The van der Waals surface area contributed by atoms with Gasteiger partial charge in [-0.15, -0.1) is 0 Å². The molecule has 0 atom stereocenters. The summed E-state index contributed by atoms with van der Waals surface area (Å²) < 4.78 is 0. The Labute approximate surface area is 106 Å². The van der Waals surface area contributed by atoms with Gasteiger partial charge >= 0.3 is 0 Å². The van der Waals surface area contributed by atoms with Crippen molar-refractivity contribution >= 4 is 5.78 Å². The van der Waals surface area contributed by atoms with Gasteiger partial charge in [-0.1, -0.05) is 0 Å². The molecule has 0 aromatic carbocycles. The Morgan fingerprint density at radius 1 is 1.12 bits per heavy atom. The Balaban J connectivity index is 1.86. The maximum Gasteiger partial charge on any atom is 0.132 e. The maximum atomic E-state index is 11.4. The number of Topliss-reactive ketones (excluding diaryl/α,β-unsaturated/α-hetero) is 1. The summed E-state index contributed by atoms with van der Waals surface area (Å²) in [7, 11) is 0. The van der Waals surface area contributed by atoms with Gasteiger partial charge in [0.1, 0.15) is 5.78 Å². The van der Waals surface area contributed by atoms with Gasteiger partial charge in [-0.05, 0) is 77.8 Å². The normalized spacial score (nSPS) is 26.6. The van der Waals surface area contributed by atoms with Gasteiger partial charge in [0.15, 0.2) is 0 Å². The van der Waals surface area contributed by atoms with Crippen LogP contribution < -0.4 is 0 Å². The van der Waals surface area contributed by atoms with Crippen molar-refractivity contribution < 1.29 is 4.79 Å². The van der Waals surface area contributed by atoms with Gasteiger partial charge in [-0.25, -0.2) is 0 Å². The zero-order valence-corrected chi connectivity index (χ0v) is 11.7. The van der Waals surface area contributed by atoms with Gasteiger partial charge in [0.25, 0.3) is 0 Å². The first-order valence-electron chi connectivity index (χ1n) is 7.27. The SMILES string of the molecule is CC(=O)C1CCC2(CC1)CCN(C(C)C)CC2. The molecule has 2 heteroatoms. The molecule has 2 fully saturated rings. The highest BCUT2D eigenvalue weighted by Gasteiger charge is 2.39. The van der Waals surface area contributed by atoms with E-state index in [1.807, 2.05) is 0 Å². The van der Waals surface area contributed by atoms with Crippen LogP contribution in [0.4, 0.5) is 0 Å². The van der Waals surface area contributed by atoms with Crippen LogP contribution in [0.25, 0.3) is 0 Å². The average Bonchev–Trinajstić information content (AvgIpc) is 2.30. The smallest absolute Gasteiger partial charge is 0.132 e. The second-order valence-electron chi connectivity index (χ2n) is 6.51. The van der Waals surface area contributed by atoms with Gasteiger partial charge in [0.05, 0.1) is 0 Å². The quantitative estimate of drug-likeness (QED) is 0.735. The summed E-state index contributed by atoms with van der Waals surface area (Å²) in [5.41, 5.74) is 0.595. The number of carbonyl (C=O) groups excluding carboxylic acids is 1. The number of hydrogen-bond acceptors (Lipinski definition) is 2. The van der Waals surface area contributed by atoms with Crippen molar-refractivity contribution in [2.24, 2.45) is 11.3 Å². The van der Waals surface area contributed by atoms with E-state index in [4.69, 9.17) is 0 Å². The lowest BCUT2D eigenvalue weighted by Crippen LogP contribution is -2.44. The molecule has 1 saturated heterocycles. The van der Waals surface area contributed by atoms with E-state index >= 15 is 0 Å². The number of carbonyl (C=O) groups is 1. The predicted molar refractivity (Wildman–Crippen MR) is 71.0 cm³/mol. The maximum absolute atomic E-state index is 11.4. The van der Waals surface area contributed by atoms with E-state index in [2.05, 4.69) is 18.7 Å². The minimum atomic E-state index is 0.378. The predicted octanol–water partition coefficient (Wildman–Crippen LogP) is 3.26. The molecule has 0 amide bonds. The largest absolute Gasteiger partial charge is 0.301 e. The third-order valence-electron chi connectivity index (χ3n) is 5.21. The lowest BCUT2D eigenvalue weighted by Gasteiger charge is -2.46. The van der Waals surface area contributed by atoms with Crippen LogP contribution in [0.15, 0.2) is 0 Å². The van der Waals surface area contributed by atoms with Crippen molar-refractivity contribution in [3.05, 3.63) is 0 Å². The summed E-state index contributed by atoms with van der Waals surface area (Å²) in [6.07, 6.45) is 7.60. The molecule has 1 saturated carbocycles. The number of rotatable bonds is 2. The molecule has 1 spiro atoms. The molecule has 1 heterocycles. The molecule has 0 bridgehead atoms. The number of nitrogens with zero attached hydrogens (tertiary/aromatic N) is 1. The lowest BCUT2D eigenvalue weighted by atomic mass is 9.65. The molecule has 17 heavy (non-hydrogen) atoms. The van der Waals surface area contributed by atoms with Crippen molar-refractivity contribution in [2.45, 2.75) is 65.3 Å². The summed E-state index contributed by atoms with van der Waals surface area (Å²) in [5.74, 6) is 0.795. The van der Waals surface area contributed by atoms with E-state index in [0.29, 0.717) is 23.2 Å². The van der Waals surface area contributed by atoms with Gasteiger partial charge in [0, 0.05) is 12.0 Å². The molecule has 2 rings (SSSR count). The third-order valence-corrected chi connectivity index (χ3v) is 5.21. The Hall–Kier alpha value is -0.370. The van der Waals surface area contributed by atoms with Crippen molar-refractivity contribution in [1.29, 1.82) is 0 Å². The molecule has 2 aliphatic rings. The van der Waals surface area contributed by atoms with Crippen molar-refractivity contribution in [3.8, 4) is 0 Å². The standard InChI is InChI=1S/C15H27NO/c1-12(2)16-10-8-15(9-11-16)6-4-14(5-7-15)13(3)17/h12,14H,4-11H2,1-3H3. The summed E-state index contributed by atoms with van der Waals surface area (Å²) in [5, 5.41) is 0. The van der Waals surface area contributed by atoms with Gasteiger partial charge in [-0.2, -0.15) is 0 Å². The van der Waals surface area contributed by atoms with E-state index in [1.165, 1.54) is 38.8 Å². The molecular formula is C15H27NO. The summed E-state index contributed by atoms with van der Waals surface area (Å²) >= 11 is 0. The molecular weight excluding hydrogens is 210 g/mol. The number of hydrogen-bond donors (Lipinski definition) is 0. The fourth-order valence-electron chi connectivity index (χ4n) is 3.65. The first kappa shape index (κ1) is 13.1. The van der Waals surface area contributed by atoms with Crippen molar-refractivity contribution in [3.63, 3.8) is 0 Å². The monoisotopic (exact) mass is 237 g/mol. The number of likely N-dealkylation sites (tertiary alicyclic amines) is 1. The first-order valence-corrected chi connectivity index (χ1v) is 7.27. The Bertz CT molecular complexity index is 267. The Morgan fingerprint density at radius 3 is 2.06 bits per heavy atom. The van der Waals surface area contributed by atoms with E-state index < -0.39 is 0 Å². The van der Waals surface area contributed by atoms with Crippen molar-refractivity contribution in [2.75, 3.05) is 13.1 Å². The zero-order valence-electron chi connectivity index (χ0n) is 11.7. The van der Waals surface area contributed by atoms with E-state index in [9.17, 15) is 4.79 Å². The highest BCUT2D eigenvalue weighted by molar-refractivity contribution is 5.78. The first-order chi connectivity index (χ1) is 8.02. The average molecular weight is 237 g/mol. The summed E-state index contributed by atoms with van der Waals surface area (Å²) in [4.78, 5) is 14.0. The second-order valence-corrected chi connectivity index (χ2v) is 6.51. The molecule has 0 N–H and O–H groups in total. The molecule has 0 aromatic rings. The zero-order chi connectivity index (χ0) is 12.5. The number of piperidine rings is 1. The third kappa shape index (κ3) is 2.90. The summed E-state index contributed by atoms with van der Waals surface area (Å²) in [6, 6.07) is 0.695. The van der Waals surface area contributed by atoms with Crippen LogP contribution in [0.5, 0.6) is 0 Å². The second kappa shape index (κ2) is 5.09. The fraction of sp³-hybridized carbons (Fsp3) is 0.933. The molecule has 1 aliphatic heterocycles. The van der Waals surface area contributed by atoms with Crippen LogP contribution in [0.3, 0.4) is 0 Å². The molecule has 98 valence electrons. The van der Waals surface area contributed by atoms with Crippen LogP contribution >= 0.6 is 0 Å². The van der Waals surface area contributed by atoms with Crippen LogP contribution in [0.1, 0.15) is 59.3 Å². The van der Waals surface area contributed by atoms with Crippen molar-refractivity contribution in [1.82, 2.24) is 4.90 Å². The molecule has 1 aliphatic carbocycles. The molecule has 2 nitrogen and oxygen atoms in total. The van der Waals surface area contributed by atoms with Gasteiger partial charge in [0.2, 0.25) is 0 Å². The van der Waals surface area contributed by atoms with E-state index in [0.717, 1.165) is 12.8 Å². The highest BCUT2D eigenvalue weighted by atomic mass is 16.1. The molecule has 0 aromatic heterocycles. The Morgan fingerprint density at radius 2 is 1.65 bits per heavy atom. The topological polar surface area (TPSA) is 20.3 Å². The lowest BCUT2D eigenvalue weighted by molar-refractivity contribution is -0.122. The number of ketones is 1. The minimum absolute atomic E-state index is 0.378. The van der Waals surface area contributed by atoms with Gasteiger partial charge < -0.3 is 4.90 Å². The Kier molecular flexibility index (Phi) is 3.92. The van der Waals surface area contributed by atoms with Crippen LogP contribution in [-0.4, -0.2) is 29.8 Å². The molecule has 0 radical (unpaired) electrons. The highest BCUT2D eigenvalue weighted by Crippen LogP contribution is 2.46. The van der Waals surface area contributed by atoms with Crippen LogP contribution in [0.2, 0.25) is 0 Å². The van der Waals surface area contributed by atoms with Crippen LogP contribution in [0, 0.1) is 11.3 Å². The van der Waals surface area contributed by atoms with Gasteiger partial charge in [-0.3, -0.25) is 4.79 Å². The van der Waals surface area contributed by atoms with E-state index in [1.54, 1.807) is 6.92 Å². The fourth-order valence-corrected chi connectivity index (χ4v) is 3.65. The molecule has 0 unspecified atom stereocenters. The minimum Gasteiger partial charge on any atom is -0.301 e. The summed E-state index contributed by atoms with van der Waals surface area (Å²) in [6.45, 7) is 8.89. The van der Waals surface area contributed by atoms with E-state index in [-0.39, 0.29) is 0 Å².